The van der Waals surface area contributed by atoms with Crippen LogP contribution in [-0.4, -0.2) is 47.6 Å². The molecule has 0 unspecified atom stereocenters. The molecular weight excluding hydrogens is 540 g/mol. The quantitative estimate of drug-likeness (QED) is 0.0367. The van der Waals surface area contributed by atoms with Crippen molar-refractivity contribution in [1.29, 1.82) is 0 Å². The monoisotopic (exact) mass is 604 g/mol. The lowest BCUT2D eigenvalue weighted by atomic mass is 10.1. The van der Waals surface area contributed by atoms with Crippen LogP contribution in [0.5, 0.6) is 0 Å². The molecule has 43 heavy (non-hydrogen) atoms. The maximum absolute atomic E-state index is 11.9. The van der Waals surface area contributed by atoms with Crippen LogP contribution in [0, 0.1) is 0 Å². The van der Waals surface area contributed by atoms with E-state index in [9.17, 15) is 19.8 Å². The molecule has 0 saturated carbocycles. The molecule has 0 aromatic carbocycles. The average molecular weight is 605 g/mol. The minimum absolute atomic E-state index is 0.149. The van der Waals surface area contributed by atoms with E-state index in [2.05, 4.69) is 19.9 Å². The molecule has 0 aromatic heterocycles. The molecule has 6 heteroatoms. The first-order valence-corrected chi connectivity index (χ1v) is 17.3. The van der Waals surface area contributed by atoms with E-state index in [0.29, 0.717) is 19.3 Å². The molecule has 248 valence electrons. The Morgan fingerprint density at radius 3 is 1.72 bits per heavy atom. The van der Waals surface area contributed by atoms with Gasteiger partial charge >= 0.3 is 11.9 Å². The fraction of sp³-hybridized carbons (Fsp3) is 0.730. The number of carbonyl (C=O) groups excluding carboxylic acids is 2. The van der Waals surface area contributed by atoms with Gasteiger partial charge in [-0.1, -0.05) is 140 Å². The van der Waals surface area contributed by atoms with Crippen LogP contribution in [0.4, 0.5) is 0 Å². The minimum Gasteiger partial charge on any atom is -0.463 e. The normalized spacial score (nSPS) is 13.5. The smallest absolute Gasteiger partial charge is 0.305 e. The lowest BCUT2D eigenvalue weighted by Gasteiger charge is -2.12. The highest BCUT2D eigenvalue weighted by molar-refractivity contribution is 5.69. The number of ether oxygens (including phenoxy) is 2. The zero-order valence-corrected chi connectivity index (χ0v) is 27.6. The fourth-order valence-corrected chi connectivity index (χ4v) is 4.45. The van der Waals surface area contributed by atoms with Crippen LogP contribution in [0.1, 0.15) is 149 Å². The summed E-state index contributed by atoms with van der Waals surface area (Å²) in [7, 11) is 0. The Morgan fingerprint density at radius 1 is 0.581 bits per heavy atom. The van der Waals surface area contributed by atoms with Crippen LogP contribution in [-0.2, 0) is 19.1 Å². The molecule has 0 amide bonds. The summed E-state index contributed by atoms with van der Waals surface area (Å²) in [6, 6.07) is 0. The molecule has 2 N–H and O–H groups in total. The van der Waals surface area contributed by atoms with Crippen molar-refractivity contribution in [2.45, 2.75) is 161 Å². The Bertz CT molecular complexity index is 754. The van der Waals surface area contributed by atoms with Crippen molar-refractivity contribution in [3.8, 4) is 0 Å². The van der Waals surface area contributed by atoms with Gasteiger partial charge < -0.3 is 19.7 Å². The number of unbranched alkanes of at least 4 members (excludes halogenated alkanes) is 14. The van der Waals surface area contributed by atoms with E-state index in [1.165, 1.54) is 70.6 Å². The standard InChI is InChI=1S/C37H64O6/c1-3-5-7-9-11-12-13-14-18-22-26-30-36(40)42-32-35(39)33-43-37(41)31-27-23-19-15-17-21-25-29-34(38)28-24-20-16-10-8-6-4-2/h15-16,19-21,24-25,28,34-35,38-39H,3-14,17-18,22-23,26-27,29-33H2,1-2H3/b19-15+,20-16-,25-21-,28-24-/t34-,35+/m1/s1. The molecule has 0 aliphatic carbocycles. The third-order valence-electron chi connectivity index (χ3n) is 7.15. The second-order valence-electron chi connectivity index (χ2n) is 11.5. The van der Waals surface area contributed by atoms with Gasteiger partial charge in [0, 0.05) is 12.8 Å². The molecule has 0 spiro atoms. The zero-order chi connectivity index (χ0) is 31.6. The van der Waals surface area contributed by atoms with Crippen LogP contribution >= 0.6 is 0 Å². The number of aliphatic hydroxyl groups excluding tert-OH is 2. The van der Waals surface area contributed by atoms with Gasteiger partial charge in [-0.25, -0.2) is 0 Å². The zero-order valence-electron chi connectivity index (χ0n) is 27.6. The summed E-state index contributed by atoms with van der Waals surface area (Å²) in [5.74, 6) is -0.672. The third-order valence-corrected chi connectivity index (χ3v) is 7.15. The molecular formula is C37H64O6. The summed E-state index contributed by atoms with van der Waals surface area (Å²) in [6.07, 6.45) is 36.2. The molecule has 0 aliphatic heterocycles. The Labute approximate surface area is 263 Å². The van der Waals surface area contributed by atoms with Gasteiger partial charge in [0.15, 0.2) is 0 Å². The second-order valence-corrected chi connectivity index (χ2v) is 11.5. The number of rotatable bonds is 30. The number of aliphatic hydroxyl groups is 2. The van der Waals surface area contributed by atoms with E-state index in [1.54, 1.807) is 0 Å². The lowest BCUT2D eigenvalue weighted by Crippen LogP contribution is -2.25. The summed E-state index contributed by atoms with van der Waals surface area (Å²) >= 11 is 0. The Balaban J connectivity index is 3.65. The van der Waals surface area contributed by atoms with Crippen molar-refractivity contribution >= 4 is 11.9 Å². The maximum atomic E-state index is 11.9. The minimum atomic E-state index is -1.00. The number of allylic oxidation sites excluding steroid dienone is 6. The third kappa shape index (κ3) is 32.6. The average Bonchev–Trinajstić information content (AvgIpc) is 3.00. The molecule has 0 radical (unpaired) electrons. The summed E-state index contributed by atoms with van der Waals surface area (Å²) in [5, 5.41) is 19.9. The molecule has 0 rings (SSSR count). The first-order valence-electron chi connectivity index (χ1n) is 17.3. The van der Waals surface area contributed by atoms with Crippen molar-refractivity contribution in [1.82, 2.24) is 0 Å². The summed E-state index contributed by atoms with van der Waals surface area (Å²) in [5.41, 5.74) is 0. The largest absolute Gasteiger partial charge is 0.463 e. The van der Waals surface area contributed by atoms with Crippen molar-refractivity contribution < 1.29 is 29.3 Å². The van der Waals surface area contributed by atoms with Gasteiger partial charge in [0.05, 0.1) is 6.10 Å². The van der Waals surface area contributed by atoms with Crippen molar-refractivity contribution in [2.24, 2.45) is 0 Å². The molecule has 0 aromatic rings. The van der Waals surface area contributed by atoms with Crippen molar-refractivity contribution in [3.05, 3.63) is 48.6 Å². The fourth-order valence-electron chi connectivity index (χ4n) is 4.45. The van der Waals surface area contributed by atoms with Crippen LogP contribution in [0.15, 0.2) is 48.6 Å². The lowest BCUT2D eigenvalue weighted by molar-refractivity contribution is -0.152. The SMILES string of the molecule is CCCCC/C=C\C=C/[C@@H](O)C/C=C\C/C=C/CCCC(=O)OC[C@@H](O)COC(=O)CCCCCCCCCCCCC. The number of carbonyl (C=O) groups is 2. The molecule has 0 heterocycles. The maximum Gasteiger partial charge on any atom is 0.305 e. The highest BCUT2D eigenvalue weighted by Crippen LogP contribution is 2.12. The number of hydrogen-bond donors (Lipinski definition) is 2. The van der Waals surface area contributed by atoms with E-state index in [1.807, 2.05) is 42.5 Å². The first-order chi connectivity index (χ1) is 21.0. The topological polar surface area (TPSA) is 93.1 Å². The van der Waals surface area contributed by atoms with Gasteiger partial charge in [0.1, 0.15) is 19.3 Å². The van der Waals surface area contributed by atoms with Gasteiger partial charge in [-0.15, -0.1) is 0 Å². The number of esters is 2. The van der Waals surface area contributed by atoms with Crippen LogP contribution in [0.25, 0.3) is 0 Å². The molecule has 0 fully saturated rings. The molecule has 0 bridgehead atoms. The Kier molecular flexibility index (Phi) is 31.1. The molecule has 2 atom stereocenters. The van der Waals surface area contributed by atoms with Crippen molar-refractivity contribution in [3.63, 3.8) is 0 Å². The predicted octanol–water partition coefficient (Wildman–Crippen LogP) is 9.25. The van der Waals surface area contributed by atoms with Crippen molar-refractivity contribution in [2.75, 3.05) is 13.2 Å². The molecule has 6 nitrogen and oxygen atoms in total. The first kappa shape index (κ1) is 40.8. The summed E-state index contributed by atoms with van der Waals surface area (Å²) in [6.45, 7) is 4.12. The Morgan fingerprint density at radius 2 is 1.09 bits per heavy atom. The molecule has 0 aliphatic rings. The van der Waals surface area contributed by atoms with Crippen LogP contribution < -0.4 is 0 Å². The highest BCUT2D eigenvalue weighted by Gasteiger charge is 2.12. The van der Waals surface area contributed by atoms with Crippen LogP contribution in [0.2, 0.25) is 0 Å². The van der Waals surface area contributed by atoms with E-state index in [0.717, 1.165) is 38.5 Å². The second kappa shape index (κ2) is 32.7. The summed E-state index contributed by atoms with van der Waals surface area (Å²) in [4.78, 5) is 23.8. The summed E-state index contributed by atoms with van der Waals surface area (Å²) < 4.78 is 10.2. The van der Waals surface area contributed by atoms with Gasteiger partial charge in [-0.2, -0.15) is 0 Å². The van der Waals surface area contributed by atoms with E-state index in [-0.39, 0.29) is 31.6 Å². The van der Waals surface area contributed by atoms with E-state index < -0.39 is 12.2 Å². The predicted molar refractivity (Wildman–Crippen MR) is 179 cm³/mol. The van der Waals surface area contributed by atoms with Gasteiger partial charge in [-0.3, -0.25) is 9.59 Å². The van der Waals surface area contributed by atoms with Gasteiger partial charge in [0.25, 0.3) is 0 Å². The van der Waals surface area contributed by atoms with E-state index in [4.69, 9.17) is 9.47 Å². The van der Waals surface area contributed by atoms with Gasteiger partial charge in [-0.05, 0) is 44.9 Å². The van der Waals surface area contributed by atoms with Crippen LogP contribution in [0.3, 0.4) is 0 Å². The van der Waals surface area contributed by atoms with E-state index >= 15 is 0 Å². The highest BCUT2D eigenvalue weighted by atomic mass is 16.6. The molecule has 0 saturated heterocycles. The van der Waals surface area contributed by atoms with Gasteiger partial charge in [0.2, 0.25) is 0 Å². The number of hydrogen-bond acceptors (Lipinski definition) is 6. The Hall–Kier alpha value is -2.18.